The number of rotatable bonds is 7. The van der Waals surface area contributed by atoms with Crippen molar-refractivity contribution >= 4 is 23.3 Å². The summed E-state index contributed by atoms with van der Waals surface area (Å²) in [5.41, 5.74) is 0.107. The molecule has 2 rings (SSSR count). The molecule has 10 heteroatoms. The first-order chi connectivity index (χ1) is 11.4. The summed E-state index contributed by atoms with van der Waals surface area (Å²) in [6, 6.07) is 5.14. The summed E-state index contributed by atoms with van der Waals surface area (Å²) in [5, 5.41) is 26.1. The summed E-state index contributed by atoms with van der Waals surface area (Å²) in [6.07, 6.45) is 1.31. The van der Waals surface area contributed by atoms with Gasteiger partial charge in [-0.2, -0.15) is 5.10 Å². The van der Waals surface area contributed by atoms with E-state index in [1.807, 2.05) is 0 Å². The van der Waals surface area contributed by atoms with Gasteiger partial charge < -0.3 is 15.2 Å². The number of nitro groups is 1. The van der Waals surface area contributed by atoms with Gasteiger partial charge in [0, 0.05) is 18.7 Å². The van der Waals surface area contributed by atoms with Crippen LogP contribution in [0.1, 0.15) is 16.9 Å². The molecular formula is C14H14N4O6. The monoisotopic (exact) mass is 334 g/mol. The molecule has 24 heavy (non-hydrogen) atoms. The number of nitrogens with one attached hydrogen (secondary N) is 1. The molecule has 0 bridgehead atoms. The van der Waals surface area contributed by atoms with E-state index in [2.05, 4.69) is 10.4 Å². The smallest absolute Gasteiger partial charge is 0.354 e. The highest BCUT2D eigenvalue weighted by Crippen LogP contribution is 2.29. The standard InChI is InChI=1S/C14H14N4O6/c1-24-12-8-9(18(22)23)2-3-10(12)16-13(19)5-7-17-11(14(20)21)4-6-15-17/h2-4,6,8H,5,7H2,1H3,(H,16,19)(H,20,21). The van der Waals surface area contributed by atoms with Crippen LogP contribution in [0.4, 0.5) is 11.4 Å². The summed E-state index contributed by atoms with van der Waals surface area (Å²) in [5.74, 6) is -1.39. The fraction of sp³-hybridized carbons (Fsp3) is 0.214. The van der Waals surface area contributed by atoms with E-state index in [-0.39, 0.29) is 35.8 Å². The highest BCUT2D eigenvalue weighted by molar-refractivity contribution is 5.92. The van der Waals surface area contributed by atoms with Crippen LogP contribution >= 0.6 is 0 Å². The molecule has 0 unspecified atom stereocenters. The lowest BCUT2D eigenvalue weighted by Gasteiger charge is -2.10. The third-order valence-electron chi connectivity index (χ3n) is 3.16. The van der Waals surface area contributed by atoms with E-state index in [4.69, 9.17) is 9.84 Å². The molecule has 1 aromatic carbocycles. The van der Waals surface area contributed by atoms with E-state index in [0.717, 1.165) is 0 Å². The normalized spacial score (nSPS) is 10.2. The Morgan fingerprint density at radius 3 is 2.79 bits per heavy atom. The van der Waals surface area contributed by atoms with E-state index < -0.39 is 16.8 Å². The number of benzene rings is 1. The van der Waals surface area contributed by atoms with Gasteiger partial charge in [-0.15, -0.1) is 0 Å². The fourth-order valence-corrected chi connectivity index (χ4v) is 2.01. The summed E-state index contributed by atoms with van der Waals surface area (Å²) in [6.45, 7) is 0.0791. The van der Waals surface area contributed by atoms with Gasteiger partial charge in [-0.1, -0.05) is 0 Å². The number of anilines is 1. The number of hydrogen-bond acceptors (Lipinski definition) is 6. The molecule has 1 amide bonds. The number of nitrogens with zero attached hydrogens (tertiary/aromatic N) is 3. The first kappa shape index (κ1) is 16.9. The molecule has 0 aliphatic carbocycles. The summed E-state index contributed by atoms with van der Waals surface area (Å²) < 4.78 is 6.23. The van der Waals surface area contributed by atoms with E-state index >= 15 is 0 Å². The molecule has 0 atom stereocenters. The maximum Gasteiger partial charge on any atom is 0.354 e. The minimum atomic E-state index is -1.13. The largest absolute Gasteiger partial charge is 0.494 e. The lowest BCUT2D eigenvalue weighted by molar-refractivity contribution is -0.384. The summed E-state index contributed by atoms with van der Waals surface area (Å²) >= 11 is 0. The number of hydrogen-bond donors (Lipinski definition) is 2. The van der Waals surface area contributed by atoms with E-state index in [1.165, 1.54) is 42.3 Å². The second-order valence-corrected chi connectivity index (χ2v) is 4.68. The Balaban J connectivity index is 2.03. The van der Waals surface area contributed by atoms with Crippen LogP contribution in [0.5, 0.6) is 5.75 Å². The molecule has 0 saturated heterocycles. The zero-order chi connectivity index (χ0) is 17.7. The van der Waals surface area contributed by atoms with Gasteiger partial charge in [0.25, 0.3) is 5.69 Å². The first-order valence-corrected chi connectivity index (χ1v) is 6.79. The third kappa shape index (κ3) is 3.85. The van der Waals surface area contributed by atoms with Crippen molar-refractivity contribution in [3.63, 3.8) is 0 Å². The van der Waals surface area contributed by atoms with E-state index in [9.17, 15) is 19.7 Å². The number of methoxy groups -OCH3 is 1. The zero-order valence-electron chi connectivity index (χ0n) is 12.6. The number of nitro benzene ring substituents is 1. The molecule has 126 valence electrons. The maximum absolute atomic E-state index is 12.0. The molecule has 0 saturated carbocycles. The Morgan fingerprint density at radius 1 is 1.42 bits per heavy atom. The van der Waals surface area contributed by atoms with Crippen molar-refractivity contribution in [1.82, 2.24) is 9.78 Å². The van der Waals surface area contributed by atoms with Gasteiger partial charge in [0.1, 0.15) is 11.4 Å². The van der Waals surface area contributed by atoms with Crippen LogP contribution in [0, 0.1) is 10.1 Å². The number of carboxylic acid groups (broad SMARTS) is 1. The number of ether oxygens (including phenoxy) is 1. The topological polar surface area (TPSA) is 137 Å². The van der Waals surface area contributed by atoms with E-state index in [1.54, 1.807) is 0 Å². The Hall–Kier alpha value is -3.43. The fourth-order valence-electron chi connectivity index (χ4n) is 2.01. The molecule has 10 nitrogen and oxygen atoms in total. The predicted octanol–water partition coefficient (Wildman–Crippen LogP) is 1.53. The number of carbonyl (C=O) groups is 2. The highest BCUT2D eigenvalue weighted by atomic mass is 16.6. The van der Waals surface area contributed by atoms with Gasteiger partial charge in [-0.3, -0.25) is 19.6 Å². The maximum atomic E-state index is 12.0. The quantitative estimate of drug-likeness (QED) is 0.578. The Labute approximate surface area is 135 Å². The minimum absolute atomic E-state index is 0.0179. The second-order valence-electron chi connectivity index (χ2n) is 4.68. The third-order valence-corrected chi connectivity index (χ3v) is 3.16. The molecular weight excluding hydrogens is 320 g/mol. The van der Waals surface area contributed by atoms with Gasteiger partial charge in [0.15, 0.2) is 0 Å². The van der Waals surface area contributed by atoms with Crippen LogP contribution in [-0.2, 0) is 11.3 Å². The molecule has 0 spiro atoms. The van der Waals surface area contributed by atoms with Gasteiger partial charge >= 0.3 is 5.97 Å². The number of aromatic carboxylic acids is 1. The van der Waals surface area contributed by atoms with E-state index in [0.29, 0.717) is 0 Å². The van der Waals surface area contributed by atoms with Crippen LogP contribution in [-0.4, -0.2) is 38.8 Å². The van der Waals surface area contributed by atoms with Gasteiger partial charge in [0.05, 0.1) is 30.3 Å². The average molecular weight is 334 g/mol. The van der Waals surface area contributed by atoms with Gasteiger partial charge in [-0.05, 0) is 12.1 Å². The van der Waals surface area contributed by atoms with Crippen molar-refractivity contribution in [2.45, 2.75) is 13.0 Å². The SMILES string of the molecule is COc1cc([N+](=O)[O-])ccc1NC(=O)CCn1nccc1C(=O)O. The van der Waals surface area contributed by atoms with Crippen LogP contribution in [0.2, 0.25) is 0 Å². The van der Waals surface area contributed by atoms with Crippen molar-refractivity contribution in [2.24, 2.45) is 0 Å². The number of aromatic nitrogens is 2. The number of carboxylic acids is 1. The average Bonchev–Trinajstić information content (AvgIpc) is 3.02. The number of non-ortho nitro benzene ring substituents is 1. The number of aryl methyl sites for hydroxylation is 1. The van der Waals surface area contributed by atoms with Crippen molar-refractivity contribution in [3.8, 4) is 5.75 Å². The number of carbonyl (C=O) groups excluding carboxylic acids is 1. The molecule has 1 aromatic heterocycles. The Morgan fingerprint density at radius 2 is 2.17 bits per heavy atom. The minimum Gasteiger partial charge on any atom is -0.494 e. The molecule has 1 heterocycles. The van der Waals surface area contributed by atoms with Crippen LogP contribution in [0.3, 0.4) is 0 Å². The Bertz CT molecular complexity index is 785. The first-order valence-electron chi connectivity index (χ1n) is 6.79. The van der Waals surface area contributed by atoms with Crippen LogP contribution < -0.4 is 10.1 Å². The predicted molar refractivity (Wildman–Crippen MR) is 82.1 cm³/mol. The summed E-state index contributed by atoms with van der Waals surface area (Å²) in [7, 11) is 1.33. The molecule has 0 radical (unpaired) electrons. The number of amides is 1. The van der Waals surface area contributed by atoms with Crippen molar-refractivity contribution in [1.29, 1.82) is 0 Å². The molecule has 2 N–H and O–H groups in total. The lowest BCUT2D eigenvalue weighted by atomic mass is 10.2. The van der Waals surface area contributed by atoms with Crippen LogP contribution in [0.25, 0.3) is 0 Å². The molecule has 0 aliphatic rings. The van der Waals surface area contributed by atoms with Crippen molar-refractivity contribution in [2.75, 3.05) is 12.4 Å². The lowest BCUT2D eigenvalue weighted by Crippen LogP contribution is -2.17. The molecule has 2 aromatic rings. The van der Waals surface area contributed by atoms with Crippen molar-refractivity contribution in [3.05, 3.63) is 46.3 Å². The summed E-state index contributed by atoms with van der Waals surface area (Å²) in [4.78, 5) is 33.1. The highest BCUT2D eigenvalue weighted by Gasteiger charge is 2.15. The molecule has 0 fully saturated rings. The molecule has 0 aliphatic heterocycles. The zero-order valence-corrected chi connectivity index (χ0v) is 12.6. The van der Waals surface area contributed by atoms with Crippen molar-refractivity contribution < 1.29 is 24.4 Å². The van der Waals surface area contributed by atoms with Gasteiger partial charge in [0.2, 0.25) is 5.91 Å². The Kier molecular flexibility index (Phi) is 5.09. The van der Waals surface area contributed by atoms with Crippen LogP contribution in [0.15, 0.2) is 30.5 Å². The second kappa shape index (κ2) is 7.22. The van der Waals surface area contributed by atoms with Gasteiger partial charge in [-0.25, -0.2) is 4.79 Å².